The SMILES string of the molecule is O=c1cc(-c2cnc3ccccc3c2)cn[nH]1. The standard InChI is InChI=1S/C13H9N3O/c17-13-6-11(8-15-16-13)10-5-9-3-1-2-4-12(9)14-7-10/h1-8H,(H,16,17). The van der Waals surface area contributed by atoms with Crippen LogP contribution in [0.5, 0.6) is 0 Å². The summed E-state index contributed by atoms with van der Waals surface area (Å²) < 4.78 is 0. The van der Waals surface area contributed by atoms with Gasteiger partial charge < -0.3 is 0 Å². The van der Waals surface area contributed by atoms with Crippen LogP contribution in [0.1, 0.15) is 0 Å². The number of nitrogens with zero attached hydrogens (tertiary/aromatic N) is 2. The first-order valence-corrected chi connectivity index (χ1v) is 5.23. The van der Waals surface area contributed by atoms with Crippen LogP contribution in [-0.2, 0) is 0 Å². The lowest BCUT2D eigenvalue weighted by Crippen LogP contribution is -2.05. The van der Waals surface area contributed by atoms with Crippen LogP contribution in [0.3, 0.4) is 0 Å². The van der Waals surface area contributed by atoms with Gasteiger partial charge in [-0.25, -0.2) is 5.10 Å². The summed E-state index contributed by atoms with van der Waals surface area (Å²) in [7, 11) is 0. The van der Waals surface area contributed by atoms with Crippen LogP contribution in [0.4, 0.5) is 0 Å². The Kier molecular flexibility index (Phi) is 2.19. The van der Waals surface area contributed by atoms with Crippen molar-refractivity contribution in [2.75, 3.05) is 0 Å². The van der Waals surface area contributed by atoms with E-state index in [1.807, 2.05) is 30.3 Å². The number of pyridine rings is 1. The maximum absolute atomic E-state index is 11.2. The maximum Gasteiger partial charge on any atom is 0.264 e. The molecule has 2 aromatic heterocycles. The number of aromatic amines is 1. The van der Waals surface area contributed by atoms with Crippen LogP contribution in [0.15, 0.2) is 53.6 Å². The Morgan fingerprint density at radius 3 is 2.71 bits per heavy atom. The summed E-state index contributed by atoms with van der Waals surface area (Å²) >= 11 is 0. The Morgan fingerprint density at radius 2 is 1.82 bits per heavy atom. The number of benzene rings is 1. The minimum Gasteiger partial charge on any atom is -0.268 e. The average molecular weight is 223 g/mol. The van der Waals surface area contributed by atoms with Crippen LogP contribution in [0, 0.1) is 0 Å². The van der Waals surface area contributed by atoms with Gasteiger partial charge in [0.05, 0.1) is 11.7 Å². The number of nitrogens with one attached hydrogen (secondary N) is 1. The van der Waals surface area contributed by atoms with E-state index >= 15 is 0 Å². The van der Waals surface area contributed by atoms with Gasteiger partial charge in [0, 0.05) is 28.8 Å². The molecule has 4 heteroatoms. The fourth-order valence-electron chi connectivity index (χ4n) is 1.76. The fourth-order valence-corrected chi connectivity index (χ4v) is 1.76. The van der Waals surface area contributed by atoms with E-state index in [1.54, 1.807) is 12.4 Å². The van der Waals surface area contributed by atoms with Gasteiger partial charge >= 0.3 is 0 Å². The lowest BCUT2D eigenvalue weighted by Gasteiger charge is -2.01. The second-order valence-corrected chi connectivity index (χ2v) is 3.75. The van der Waals surface area contributed by atoms with Crippen LogP contribution in [0.2, 0.25) is 0 Å². The molecule has 3 rings (SSSR count). The van der Waals surface area contributed by atoms with E-state index in [2.05, 4.69) is 15.2 Å². The van der Waals surface area contributed by atoms with Crippen molar-refractivity contribution in [1.29, 1.82) is 0 Å². The predicted molar refractivity (Wildman–Crippen MR) is 65.6 cm³/mol. The molecule has 0 aliphatic heterocycles. The van der Waals surface area contributed by atoms with Gasteiger partial charge in [0.25, 0.3) is 5.56 Å². The van der Waals surface area contributed by atoms with E-state index in [0.29, 0.717) is 0 Å². The lowest BCUT2D eigenvalue weighted by molar-refractivity contribution is 0.990. The second-order valence-electron chi connectivity index (χ2n) is 3.75. The van der Waals surface area contributed by atoms with Crippen molar-refractivity contribution in [3.05, 3.63) is 59.1 Å². The van der Waals surface area contributed by atoms with Gasteiger partial charge in [-0.15, -0.1) is 0 Å². The van der Waals surface area contributed by atoms with Gasteiger partial charge in [-0.1, -0.05) is 18.2 Å². The molecule has 0 fully saturated rings. The van der Waals surface area contributed by atoms with E-state index in [-0.39, 0.29) is 5.56 Å². The molecule has 0 aliphatic rings. The third-order valence-corrected chi connectivity index (χ3v) is 2.59. The Balaban J connectivity index is 2.21. The molecule has 0 amide bonds. The molecule has 0 saturated carbocycles. The van der Waals surface area contributed by atoms with Crippen LogP contribution in [-0.4, -0.2) is 15.2 Å². The molecule has 1 N–H and O–H groups in total. The Bertz CT molecular complexity index is 734. The lowest BCUT2D eigenvalue weighted by atomic mass is 10.1. The van der Waals surface area contributed by atoms with E-state index in [0.717, 1.165) is 22.0 Å². The number of aromatic nitrogens is 3. The molecule has 0 radical (unpaired) electrons. The summed E-state index contributed by atoms with van der Waals surface area (Å²) in [6.07, 6.45) is 3.37. The van der Waals surface area contributed by atoms with Crippen molar-refractivity contribution in [2.45, 2.75) is 0 Å². The largest absolute Gasteiger partial charge is 0.268 e. The monoisotopic (exact) mass is 223 g/mol. The summed E-state index contributed by atoms with van der Waals surface area (Å²) in [5.41, 5.74) is 2.39. The molecule has 1 aromatic carbocycles. The molecule has 4 nitrogen and oxygen atoms in total. The first kappa shape index (κ1) is 9.72. The van der Waals surface area contributed by atoms with E-state index in [4.69, 9.17) is 0 Å². The molecule has 2 heterocycles. The van der Waals surface area contributed by atoms with Gasteiger partial charge in [-0.05, 0) is 12.1 Å². The van der Waals surface area contributed by atoms with Gasteiger partial charge in [0.15, 0.2) is 0 Å². The third-order valence-electron chi connectivity index (χ3n) is 2.59. The van der Waals surface area contributed by atoms with Crippen LogP contribution < -0.4 is 5.56 Å². The number of hydrogen-bond acceptors (Lipinski definition) is 3. The molecule has 17 heavy (non-hydrogen) atoms. The summed E-state index contributed by atoms with van der Waals surface area (Å²) in [6, 6.07) is 11.4. The predicted octanol–water partition coefficient (Wildman–Crippen LogP) is 1.99. The Labute approximate surface area is 97.0 Å². The third kappa shape index (κ3) is 1.80. The molecule has 0 unspecified atom stereocenters. The average Bonchev–Trinajstić information content (AvgIpc) is 2.38. The number of fused-ring (bicyclic) bond motifs is 1. The number of para-hydroxylation sites is 1. The molecular formula is C13H9N3O. The highest BCUT2D eigenvalue weighted by atomic mass is 16.1. The molecular weight excluding hydrogens is 214 g/mol. The van der Waals surface area contributed by atoms with Crippen molar-refractivity contribution in [3.63, 3.8) is 0 Å². The number of H-pyrrole nitrogens is 1. The zero-order chi connectivity index (χ0) is 11.7. The first-order valence-electron chi connectivity index (χ1n) is 5.23. The first-order chi connectivity index (χ1) is 8.33. The minimum atomic E-state index is -0.212. The summed E-state index contributed by atoms with van der Waals surface area (Å²) in [6.45, 7) is 0. The molecule has 82 valence electrons. The maximum atomic E-state index is 11.2. The topological polar surface area (TPSA) is 58.6 Å². The van der Waals surface area contributed by atoms with Crippen molar-refractivity contribution in [2.24, 2.45) is 0 Å². The van der Waals surface area contributed by atoms with Gasteiger partial charge in [-0.2, -0.15) is 5.10 Å². The van der Waals surface area contributed by atoms with Crippen LogP contribution in [0.25, 0.3) is 22.0 Å². The van der Waals surface area contributed by atoms with Crippen LogP contribution >= 0.6 is 0 Å². The molecule has 0 saturated heterocycles. The molecule has 0 atom stereocenters. The number of rotatable bonds is 1. The molecule has 0 aliphatic carbocycles. The van der Waals surface area contributed by atoms with Crippen molar-refractivity contribution >= 4 is 10.9 Å². The van der Waals surface area contributed by atoms with Gasteiger partial charge in [-0.3, -0.25) is 9.78 Å². The molecule has 0 spiro atoms. The van der Waals surface area contributed by atoms with E-state index < -0.39 is 0 Å². The molecule has 0 bridgehead atoms. The van der Waals surface area contributed by atoms with Crippen molar-refractivity contribution in [3.8, 4) is 11.1 Å². The van der Waals surface area contributed by atoms with E-state index in [9.17, 15) is 4.79 Å². The molecule has 3 aromatic rings. The van der Waals surface area contributed by atoms with Crippen molar-refractivity contribution < 1.29 is 0 Å². The van der Waals surface area contributed by atoms with Gasteiger partial charge in [0.1, 0.15) is 0 Å². The highest BCUT2D eigenvalue weighted by Crippen LogP contribution is 2.20. The fraction of sp³-hybridized carbons (Fsp3) is 0. The highest BCUT2D eigenvalue weighted by molar-refractivity contribution is 5.83. The Morgan fingerprint density at radius 1 is 1.00 bits per heavy atom. The Hall–Kier alpha value is -2.49. The van der Waals surface area contributed by atoms with Crippen molar-refractivity contribution in [1.82, 2.24) is 15.2 Å². The summed E-state index contributed by atoms with van der Waals surface area (Å²) in [5.74, 6) is 0. The normalized spacial score (nSPS) is 10.6. The summed E-state index contributed by atoms with van der Waals surface area (Å²) in [5, 5.41) is 7.17. The quantitative estimate of drug-likeness (QED) is 0.686. The summed E-state index contributed by atoms with van der Waals surface area (Å²) in [4.78, 5) is 15.5. The highest BCUT2D eigenvalue weighted by Gasteiger charge is 2.01. The van der Waals surface area contributed by atoms with E-state index in [1.165, 1.54) is 6.07 Å². The second kappa shape index (κ2) is 3.83. The van der Waals surface area contributed by atoms with Gasteiger partial charge in [0.2, 0.25) is 0 Å². The minimum absolute atomic E-state index is 0.212. The zero-order valence-corrected chi connectivity index (χ0v) is 8.92. The zero-order valence-electron chi connectivity index (χ0n) is 8.92. The smallest absolute Gasteiger partial charge is 0.264 e. The number of hydrogen-bond donors (Lipinski definition) is 1.